The van der Waals surface area contributed by atoms with Crippen LogP contribution in [0.5, 0.6) is 0 Å². The summed E-state index contributed by atoms with van der Waals surface area (Å²) in [5, 5.41) is 9.00. The van der Waals surface area contributed by atoms with Crippen molar-refractivity contribution in [3.8, 4) is 0 Å². The summed E-state index contributed by atoms with van der Waals surface area (Å²) in [4.78, 5) is 12.0. The van der Waals surface area contributed by atoms with Crippen LogP contribution >= 0.6 is 0 Å². The minimum absolute atomic E-state index is 0.00447. The van der Waals surface area contributed by atoms with Crippen molar-refractivity contribution in [2.45, 2.75) is 97.7 Å². The van der Waals surface area contributed by atoms with Crippen molar-refractivity contribution in [1.82, 2.24) is 0 Å². The standard InChI is InChI=1S/C26H44O5/c1-21-16-22(2)25(23(3)17-21)20-31-26(28)14-12-10-8-6-5-7-9-11-13-15-30-19-24(18-27)29-4/h16-17,24,27H,5-15,18-20H2,1-4H3/t24-/m0/s1. The summed E-state index contributed by atoms with van der Waals surface area (Å²) in [6.07, 6.45) is 10.7. The van der Waals surface area contributed by atoms with Gasteiger partial charge in [-0.2, -0.15) is 0 Å². The Morgan fingerprint density at radius 3 is 2.00 bits per heavy atom. The molecule has 5 nitrogen and oxygen atoms in total. The summed E-state index contributed by atoms with van der Waals surface area (Å²) in [6, 6.07) is 4.28. The minimum Gasteiger partial charge on any atom is -0.461 e. The lowest BCUT2D eigenvalue weighted by molar-refractivity contribution is -0.145. The number of hydrogen-bond donors (Lipinski definition) is 1. The van der Waals surface area contributed by atoms with Gasteiger partial charge < -0.3 is 19.3 Å². The third-order valence-corrected chi connectivity index (χ3v) is 5.73. The molecule has 1 aromatic carbocycles. The molecule has 0 saturated heterocycles. The number of esters is 1. The van der Waals surface area contributed by atoms with Crippen LogP contribution in [0.15, 0.2) is 12.1 Å². The molecule has 0 bridgehead atoms. The molecule has 0 spiro atoms. The van der Waals surface area contributed by atoms with Gasteiger partial charge in [-0.15, -0.1) is 0 Å². The quantitative estimate of drug-likeness (QED) is 0.240. The molecule has 0 fully saturated rings. The van der Waals surface area contributed by atoms with Crippen LogP contribution in [-0.2, 0) is 25.6 Å². The molecule has 1 rings (SSSR count). The van der Waals surface area contributed by atoms with Crippen LogP contribution in [0.1, 0.15) is 86.5 Å². The summed E-state index contributed by atoms with van der Waals surface area (Å²) in [7, 11) is 1.59. The summed E-state index contributed by atoms with van der Waals surface area (Å²) in [5.74, 6) is -0.0857. The SMILES string of the molecule is CO[C@@H](CO)COCCCCCCCCCCCC(=O)OCc1c(C)cc(C)cc1C. The van der Waals surface area contributed by atoms with E-state index < -0.39 is 0 Å². The molecule has 0 aliphatic heterocycles. The van der Waals surface area contributed by atoms with Crippen LogP contribution in [0.25, 0.3) is 0 Å². The number of rotatable bonds is 18. The van der Waals surface area contributed by atoms with E-state index in [4.69, 9.17) is 19.3 Å². The molecule has 1 atom stereocenters. The van der Waals surface area contributed by atoms with E-state index in [0.717, 1.165) is 31.4 Å². The number of aliphatic hydroxyl groups is 1. The van der Waals surface area contributed by atoms with E-state index in [1.165, 1.54) is 55.2 Å². The first-order valence-corrected chi connectivity index (χ1v) is 11.9. The van der Waals surface area contributed by atoms with E-state index in [9.17, 15) is 4.79 Å². The Morgan fingerprint density at radius 1 is 0.903 bits per heavy atom. The van der Waals surface area contributed by atoms with Crippen molar-refractivity contribution >= 4 is 5.97 Å². The van der Waals surface area contributed by atoms with Gasteiger partial charge in [-0.3, -0.25) is 4.79 Å². The summed E-state index contributed by atoms with van der Waals surface area (Å²) in [5.41, 5.74) is 4.77. The highest BCUT2D eigenvalue weighted by Gasteiger charge is 2.08. The predicted octanol–water partition coefficient (Wildman–Crippen LogP) is 5.58. The Bertz CT molecular complexity index is 587. The molecule has 0 heterocycles. The average molecular weight is 437 g/mol. The number of ether oxygens (including phenoxy) is 3. The Balaban J connectivity index is 1.92. The van der Waals surface area contributed by atoms with Crippen molar-refractivity contribution in [3.05, 3.63) is 34.4 Å². The molecule has 0 aliphatic rings. The number of unbranched alkanes of at least 4 members (excludes halogenated alkanes) is 8. The van der Waals surface area contributed by atoms with E-state index in [-0.39, 0.29) is 18.7 Å². The Morgan fingerprint density at radius 2 is 1.45 bits per heavy atom. The number of aliphatic hydroxyl groups excluding tert-OH is 1. The molecule has 0 radical (unpaired) electrons. The van der Waals surface area contributed by atoms with Gasteiger partial charge in [0.2, 0.25) is 0 Å². The maximum Gasteiger partial charge on any atom is 0.306 e. The van der Waals surface area contributed by atoms with Crippen molar-refractivity contribution in [3.63, 3.8) is 0 Å². The zero-order valence-corrected chi connectivity index (χ0v) is 20.2. The maximum absolute atomic E-state index is 12.0. The minimum atomic E-state index is -0.205. The molecule has 1 N–H and O–H groups in total. The van der Waals surface area contributed by atoms with Gasteiger partial charge in [0.25, 0.3) is 0 Å². The summed E-state index contributed by atoms with van der Waals surface area (Å²) in [6.45, 7) is 7.83. The number of methoxy groups -OCH3 is 1. The predicted molar refractivity (Wildman–Crippen MR) is 125 cm³/mol. The van der Waals surface area contributed by atoms with Gasteiger partial charge in [0, 0.05) is 20.1 Å². The topological polar surface area (TPSA) is 65.0 Å². The lowest BCUT2D eigenvalue weighted by Crippen LogP contribution is -2.22. The van der Waals surface area contributed by atoms with E-state index in [1.807, 2.05) is 0 Å². The lowest BCUT2D eigenvalue weighted by atomic mass is 10.0. The second-order valence-corrected chi connectivity index (χ2v) is 8.59. The van der Waals surface area contributed by atoms with Crippen LogP contribution in [0, 0.1) is 20.8 Å². The van der Waals surface area contributed by atoms with E-state index in [0.29, 0.717) is 19.6 Å². The smallest absolute Gasteiger partial charge is 0.306 e. The lowest BCUT2D eigenvalue weighted by Gasteiger charge is -2.12. The number of hydrogen-bond acceptors (Lipinski definition) is 5. The maximum atomic E-state index is 12.0. The molecule has 0 aliphatic carbocycles. The fourth-order valence-electron chi connectivity index (χ4n) is 3.78. The normalized spacial score (nSPS) is 12.2. The molecule has 5 heteroatoms. The van der Waals surface area contributed by atoms with E-state index in [2.05, 4.69) is 32.9 Å². The molecule has 0 aromatic heterocycles. The highest BCUT2D eigenvalue weighted by Crippen LogP contribution is 2.18. The van der Waals surface area contributed by atoms with Crippen molar-refractivity contribution in [1.29, 1.82) is 0 Å². The van der Waals surface area contributed by atoms with Crippen LogP contribution in [-0.4, -0.2) is 44.1 Å². The van der Waals surface area contributed by atoms with Crippen LogP contribution < -0.4 is 0 Å². The fourth-order valence-corrected chi connectivity index (χ4v) is 3.78. The van der Waals surface area contributed by atoms with Gasteiger partial charge in [0.15, 0.2) is 0 Å². The second kappa shape index (κ2) is 17.2. The number of carbonyl (C=O) groups is 1. The fraction of sp³-hybridized carbons (Fsp3) is 0.731. The molecular weight excluding hydrogens is 392 g/mol. The van der Waals surface area contributed by atoms with E-state index in [1.54, 1.807) is 7.11 Å². The Labute approximate surface area is 189 Å². The molecule has 0 amide bonds. The van der Waals surface area contributed by atoms with Crippen LogP contribution in [0.2, 0.25) is 0 Å². The van der Waals surface area contributed by atoms with Crippen molar-refractivity contribution < 1.29 is 24.1 Å². The van der Waals surface area contributed by atoms with Gasteiger partial charge in [-0.25, -0.2) is 0 Å². The van der Waals surface area contributed by atoms with Gasteiger partial charge in [0.05, 0.1) is 13.2 Å². The third kappa shape index (κ3) is 12.9. The summed E-state index contributed by atoms with van der Waals surface area (Å²) >= 11 is 0. The van der Waals surface area contributed by atoms with Gasteiger partial charge >= 0.3 is 5.97 Å². The molecule has 0 unspecified atom stereocenters. The summed E-state index contributed by atoms with van der Waals surface area (Å²) < 4.78 is 16.0. The first-order chi connectivity index (χ1) is 15.0. The highest BCUT2D eigenvalue weighted by molar-refractivity contribution is 5.69. The van der Waals surface area contributed by atoms with Gasteiger partial charge in [0.1, 0.15) is 12.7 Å². The number of benzene rings is 1. The second-order valence-electron chi connectivity index (χ2n) is 8.59. The van der Waals surface area contributed by atoms with Gasteiger partial charge in [-0.1, -0.05) is 62.6 Å². The first kappa shape index (κ1) is 27.6. The first-order valence-electron chi connectivity index (χ1n) is 11.9. The zero-order chi connectivity index (χ0) is 22.9. The average Bonchev–Trinajstić information content (AvgIpc) is 2.73. The third-order valence-electron chi connectivity index (χ3n) is 5.73. The van der Waals surface area contributed by atoms with Crippen molar-refractivity contribution in [2.24, 2.45) is 0 Å². The zero-order valence-electron chi connectivity index (χ0n) is 20.2. The van der Waals surface area contributed by atoms with Crippen molar-refractivity contribution in [2.75, 3.05) is 26.9 Å². The van der Waals surface area contributed by atoms with E-state index >= 15 is 0 Å². The molecule has 0 saturated carbocycles. The molecule has 31 heavy (non-hydrogen) atoms. The molecule has 178 valence electrons. The molecular formula is C26H44O5. The van der Waals surface area contributed by atoms with Crippen LogP contribution in [0.4, 0.5) is 0 Å². The largest absolute Gasteiger partial charge is 0.461 e. The Hall–Kier alpha value is -1.43. The Kier molecular flexibility index (Phi) is 15.3. The highest BCUT2D eigenvalue weighted by atomic mass is 16.5. The van der Waals surface area contributed by atoms with Gasteiger partial charge in [-0.05, 0) is 50.3 Å². The number of carbonyl (C=O) groups excluding carboxylic acids is 1. The monoisotopic (exact) mass is 436 g/mol. The molecule has 1 aromatic rings. The van der Waals surface area contributed by atoms with Crippen LogP contribution in [0.3, 0.4) is 0 Å². The number of aryl methyl sites for hydroxylation is 3.